The van der Waals surface area contributed by atoms with E-state index in [0.717, 1.165) is 11.3 Å². The summed E-state index contributed by atoms with van der Waals surface area (Å²) in [6, 6.07) is 9.54. The van der Waals surface area contributed by atoms with Crippen LogP contribution in [0.4, 0.5) is 0 Å². The van der Waals surface area contributed by atoms with E-state index in [0.29, 0.717) is 31.1 Å². The average Bonchev–Trinajstić information content (AvgIpc) is 3.17. The van der Waals surface area contributed by atoms with Gasteiger partial charge in [0.1, 0.15) is 0 Å². The number of nitrogens with one attached hydrogen (secondary N) is 1. The van der Waals surface area contributed by atoms with E-state index in [1.54, 1.807) is 0 Å². The number of rotatable bonds is 5. The molecule has 1 aromatic heterocycles. The Balaban J connectivity index is 1.48. The van der Waals surface area contributed by atoms with Gasteiger partial charge in [-0.15, -0.1) is 0 Å². The molecule has 1 amide bonds. The molecular formula is C15H16N4O3. The predicted octanol–water partition coefficient (Wildman–Crippen LogP) is 1.56. The highest BCUT2D eigenvalue weighted by molar-refractivity contribution is 5.91. The SMILES string of the molecule is CC1=NOC(C(=O)NCCc2noc(-c3ccccc3)n2)C1. The van der Waals surface area contributed by atoms with Gasteiger partial charge in [0.05, 0.1) is 5.71 Å². The van der Waals surface area contributed by atoms with Crippen molar-refractivity contribution < 1.29 is 14.2 Å². The van der Waals surface area contributed by atoms with Gasteiger partial charge in [0.15, 0.2) is 5.82 Å². The number of hydrogen-bond donors (Lipinski definition) is 1. The maximum Gasteiger partial charge on any atom is 0.264 e. The number of nitrogens with zero attached hydrogens (tertiary/aromatic N) is 3. The normalized spacial score (nSPS) is 17.0. The molecule has 2 aromatic rings. The van der Waals surface area contributed by atoms with Crippen LogP contribution in [0.5, 0.6) is 0 Å². The molecule has 7 heteroatoms. The highest BCUT2D eigenvalue weighted by atomic mass is 16.6. The molecule has 1 N–H and O–H groups in total. The Morgan fingerprint density at radius 3 is 2.91 bits per heavy atom. The molecule has 2 heterocycles. The van der Waals surface area contributed by atoms with Gasteiger partial charge in [0.25, 0.3) is 11.8 Å². The molecule has 3 rings (SSSR count). The van der Waals surface area contributed by atoms with Crippen LogP contribution in [0, 0.1) is 0 Å². The van der Waals surface area contributed by atoms with Gasteiger partial charge in [-0.3, -0.25) is 4.79 Å². The summed E-state index contributed by atoms with van der Waals surface area (Å²) in [6.45, 7) is 2.25. The van der Waals surface area contributed by atoms with Crippen molar-refractivity contribution in [2.45, 2.75) is 25.9 Å². The largest absolute Gasteiger partial charge is 0.382 e. The molecule has 1 unspecified atom stereocenters. The Kier molecular flexibility index (Phi) is 4.13. The van der Waals surface area contributed by atoms with E-state index in [-0.39, 0.29) is 5.91 Å². The van der Waals surface area contributed by atoms with Gasteiger partial charge >= 0.3 is 0 Å². The van der Waals surface area contributed by atoms with Crippen molar-refractivity contribution in [1.29, 1.82) is 0 Å². The molecule has 0 aliphatic carbocycles. The second-order valence-corrected chi connectivity index (χ2v) is 5.05. The number of benzene rings is 1. The summed E-state index contributed by atoms with van der Waals surface area (Å²) in [5, 5.41) is 10.4. The second-order valence-electron chi connectivity index (χ2n) is 5.05. The second kappa shape index (κ2) is 6.38. The lowest BCUT2D eigenvalue weighted by Crippen LogP contribution is -2.35. The predicted molar refractivity (Wildman–Crippen MR) is 79.0 cm³/mol. The van der Waals surface area contributed by atoms with Crippen molar-refractivity contribution in [3.05, 3.63) is 36.2 Å². The molecule has 114 valence electrons. The Morgan fingerprint density at radius 1 is 1.36 bits per heavy atom. The number of carbonyl (C=O) groups excluding carboxylic acids is 1. The van der Waals surface area contributed by atoms with Gasteiger partial charge < -0.3 is 14.7 Å². The van der Waals surface area contributed by atoms with Crippen LogP contribution in [-0.2, 0) is 16.1 Å². The standard InChI is InChI=1S/C15H16N4O3/c1-10-9-12(21-18-10)14(20)16-8-7-13-17-15(22-19-13)11-5-3-2-4-6-11/h2-6,12H,7-9H2,1H3,(H,16,20). The van der Waals surface area contributed by atoms with Crippen LogP contribution < -0.4 is 5.32 Å². The van der Waals surface area contributed by atoms with Crippen LogP contribution >= 0.6 is 0 Å². The molecule has 0 fully saturated rings. The van der Waals surface area contributed by atoms with Crippen LogP contribution in [0.2, 0.25) is 0 Å². The molecule has 1 aliphatic rings. The van der Waals surface area contributed by atoms with Crippen LogP contribution in [0.15, 0.2) is 40.0 Å². The van der Waals surface area contributed by atoms with E-state index in [1.807, 2.05) is 37.3 Å². The summed E-state index contributed by atoms with van der Waals surface area (Å²) in [5.41, 5.74) is 1.70. The van der Waals surface area contributed by atoms with Crippen molar-refractivity contribution in [2.24, 2.45) is 5.16 Å². The van der Waals surface area contributed by atoms with E-state index in [1.165, 1.54) is 0 Å². The number of aromatic nitrogens is 2. The van der Waals surface area contributed by atoms with Crippen molar-refractivity contribution in [3.63, 3.8) is 0 Å². The maximum atomic E-state index is 11.8. The first-order valence-electron chi connectivity index (χ1n) is 7.07. The van der Waals surface area contributed by atoms with Gasteiger partial charge in [-0.1, -0.05) is 28.5 Å². The van der Waals surface area contributed by atoms with Crippen molar-refractivity contribution in [2.75, 3.05) is 6.54 Å². The van der Waals surface area contributed by atoms with Gasteiger partial charge in [-0.05, 0) is 19.1 Å². The quantitative estimate of drug-likeness (QED) is 0.905. The summed E-state index contributed by atoms with van der Waals surface area (Å²) >= 11 is 0. The minimum absolute atomic E-state index is 0.174. The van der Waals surface area contributed by atoms with Gasteiger partial charge in [-0.2, -0.15) is 4.98 Å². The molecule has 1 aliphatic heterocycles. The fraction of sp³-hybridized carbons (Fsp3) is 0.333. The van der Waals surface area contributed by atoms with Crippen LogP contribution in [0.3, 0.4) is 0 Å². The molecule has 0 radical (unpaired) electrons. The molecule has 0 spiro atoms. The van der Waals surface area contributed by atoms with Crippen LogP contribution in [0.1, 0.15) is 19.2 Å². The molecule has 0 saturated heterocycles. The summed E-state index contributed by atoms with van der Waals surface area (Å²) in [4.78, 5) is 21.2. The van der Waals surface area contributed by atoms with E-state index in [9.17, 15) is 4.79 Å². The molecule has 7 nitrogen and oxygen atoms in total. The van der Waals surface area contributed by atoms with Crippen molar-refractivity contribution in [1.82, 2.24) is 15.5 Å². The lowest BCUT2D eigenvalue weighted by atomic mass is 10.2. The number of amides is 1. The Labute approximate surface area is 127 Å². The van der Waals surface area contributed by atoms with E-state index >= 15 is 0 Å². The number of carbonyl (C=O) groups is 1. The molecular weight excluding hydrogens is 284 g/mol. The van der Waals surface area contributed by atoms with Crippen molar-refractivity contribution >= 4 is 11.6 Å². The van der Waals surface area contributed by atoms with E-state index in [2.05, 4.69) is 20.6 Å². The van der Waals surface area contributed by atoms with E-state index < -0.39 is 6.10 Å². The zero-order chi connectivity index (χ0) is 15.4. The van der Waals surface area contributed by atoms with Gasteiger partial charge in [0, 0.05) is 24.9 Å². The van der Waals surface area contributed by atoms with Gasteiger partial charge in [0.2, 0.25) is 6.10 Å². The summed E-state index contributed by atoms with van der Waals surface area (Å²) in [6.07, 6.45) is 0.506. The molecule has 22 heavy (non-hydrogen) atoms. The third-order valence-corrected chi connectivity index (χ3v) is 3.25. The van der Waals surface area contributed by atoms with Crippen molar-refractivity contribution in [3.8, 4) is 11.5 Å². The number of oxime groups is 1. The summed E-state index contributed by atoms with van der Waals surface area (Å²) in [7, 11) is 0. The third-order valence-electron chi connectivity index (χ3n) is 3.25. The first-order valence-corrected chi connectivity index (χ1v) is 7.07. The summed E-state index contributed by atoms with van der Waals surface area (Å²) < 4.78 is 5.21. The Bertz CT molecular complexity index is 681. The maximum absolute atomic E-state index is 11.8. The zero-order valence-electron chi connectivity index (χ0n) is 12.2. The summed E-state index contributed by atoms with van der Waals surface area (Å²) in [5.74, 6) is 0.858. The Morgan fingerprint density at radius 2 is 2.18 bits per heavy atom. The lowest BCUT2D eigenvalue weighted by molar-refractivity contribution is -0.131. The fourth-order valence-electron chi connectivity index (χ4n) is 2.10. The minimum atomic E-state index is -0.523. The van der Waals surface area contributed by atoms with Crippen LogP contribution in [0.25, 0.3) is 11.5 Å². The first kappa shape index (κ1) is 14.2. The van der Waals surface area contributed by atoms with Crippen LogP contribution in [-0.4, -0.2) is 34.4 Å². The van der Waals surface area contributed by atoms with E-state index in [4.69, 9.17) is 9.36 Å². The molecule has 0 bridgehead atoms. The topological polar surface area (TPSA) is 89.6 Å². The minimum Gasteiger partial charge on any atom is -0.382 e. The highest BCUT2D eigenvalue weighted by Gasteiger charge is 2.25. The fourth-order valence-corrected chi connectivity index (χ4v) is 2.10. The highest BCUT2D eigenvalue weighted by Crippen LogP contribution is 2.16. The molecule has 1 atom stereocenters. The smallest absolute Gasteiger partial charge is 0.264 e. The lowest BCUT2D eigenvalue weighted by Gasteiger charge is -2.07. The Hall–Kier alpha value is -2.70. The number of hydrogen-bond acceptors (Lipinski definition) is 6. The zero-order valence-corrected chi connectivity index (χ0v) is 12.2. The average molecular weight is 300 g/mol. The third kappa shape index (κ3) is 3.30. The monoisotopic (exact) mass is 300 g/mol. The molecule has 1 aromatic carbocycles. The van der Waals surface area contributed by atoms with Gasteiger partial charge in [-0.25, -0.2) is 0 Å². The first-order chi connectivity index (χ1) is 10.7. The molecule has 0 saturated carbocycles.